The van der Waals surface area contributed by atoms with Crippen molar-refractivity contribution in [2.75, 3.05) is 52.1 Å². The van der Waals surface area contributed by atoms with Gasteiger partial charge in [0, 0.05) is 32.2 Å². The molecule has 1 atom stereocenters. The summed E-state index contributed by atoms with van der Waals surface area (Å²) >= 11 is 0. The Balaban J connectivity index is 4.34. The van der Waals surface area contributed by atoms with Crippen LogP contribution in [-0.4, -0.2) is 81.7 Å². The molecule has 0 aromatic carbocycles. The van der Waals surface area contributed by atoms with Crippen molar-refractivity contribution in [1.29, 1.82) is 0 Å². The maximum Gasteiger partial charge on any atom is 0.211 e. The molecule has 2 N–H and O–H groups in total. The lowest BCUT2D eigenvalue weighted by atomic mass is 10.2. The number of guanidine groups is 1. The van der Waals surface area contributed by atoms with Gasteiger partial charge >= 0.3 is 0 Å². The van der Waals surface area contributed by atoms with Gasteiger partial charge in [0.05, 0.1) is 6.26 Å². The topological polar surface area (TPSA) is 77.0 Å². The van der Waals surface area contributed by atoms with Crippen LogP contribution in [0.3, 0.4) is 0 Å². The Morgan fingerprint density at radius 3 is 2.19 bits per heavy atom. The van der Waals surface area contributed by atoms with Crippen LogP contribution in [0.5, 0.6) is 0 Å². The Kier molecular flexibility index (Phi) is 13.8. The van der Waals surface area contributed by atoms with Gasteiger partial charge < -0.3 is 15.5 Å². The largest absolute Gasteiger partial charge is 0.357 e. The molecule has 0 aliphatic rings. The molecule has 0 saturated carbocycles. The first-order valence-electron chi connectivity index (χ1n) is 10.0. The molecule has 0 heterocycles. The second-order valence-corrected chi connectivity index (χ2v) is 8.57. The van der Waals surface area contributed by atoms with E-state index in [1.165, 1.54) is 10.6 Å². The molecular weight excluding hydrogens is 350 g/mol. The molecule has 0 spiro atoms. The van der Waals surface area contributed by atoms with E-state index in [0.29, 0.717) is 32.1 Å². The number of rotatable bonds is 14. The Morgan fingerprint density at radius 2 is 1.69 bits per heavy atom. The van der Waals surface area contributed by atoms with Crippen molar-refractivity contribution in [3.8, 4) is 0 Å². The van der Waals surface area contributed by atoms with E-state index in [1.54, 1.807) is 0 Å². The molecule has 8 heteroatoms. The maximum atomic E-state index is 11.6. The van der Waals surface area contributed by atoms with Crippen molar-refractivity contribution in [3.05, 3.63) is 0 Å². The zero-order valence-electron chi connectivity index (χ0n) is 17.7. The second-order valence-electron chi connectivity index (χ2n) is 6.58. The lowest BCUT2D eigenvalue weighted by molar-refractivity contribution is 0.292. The smallest absolute Gasteiger partial charge is 0.211 e. The van der Waals surface area contributed by atoms with Crippen LogP contribution in [0.15, 0.2) is 4.99 Å². The third-order valence-electron chi connectivity index (χ3n) is 4.39. The van der Waals surface area contributed by atoms with Gasteiger partial charge in [-0.25, -0.2) is 12.7 Å². The Bertz CT molecular complexity index is 478. The van der Waals surface area contributed by atoms with Crippen molar-refractivity contribution < 1.29 is 8.42 Å². The van der Waals surface area contributed by atoms with E-state index in [0.717, 1.165) is 45.0 Å². The van der Waals surface area contributed by atoms with Crippen LogP contribution >= 0.6 is 0 Å². The molecule has 0 radical (unpaired) electrons. The standard InChI is InChI=1S/C18H41N5O2S/c1-7-19-18(20-14-12-16-23(10-4)26(6,24)25)21-17(5)13-11-15-22(8-2)9-3/h17H,7-16H2,1-6H3,(H2,19,20,21). The zero-order chi connectivity index (χ0) is 20.0. The third-order valence-corrected chi connectivity index (χ3v) is 5.77. The SMILES string of the molecule is CCNC(=NCCCN(CC)S(C)(=O)=O)NC(C)CCCN(CC)CC. The van der Waals surface area contributed by atoms with E-state index < -0.39 is 10.0 Å². The van der Waals surface area contributed by atoms with Crippen molar-refractivity contribution in [3.63, 3.8) is 0 Å². The Labute approximate surface area is 161 Å². The van der Waals surface area contributed by atoms with Gasteiger partial charge in [0.25, 0.3) is 0 Å². The highest BCUT2D eigenvalue weighted by Crippen LogP contribution is 2.01. The molecule has 0 aliphatic heterocycles. The minimum absolute atomic E-state index is 0.353. The molecule has 0 aromatic rings. The lowest BCUT2D eigenvalue weighted by Crippen LogP contribution is -2.42. The summed E-state index contributed by atoms with van der Waals surface area (Å²) in [4.78, 5) is 7.02. The van der Waals surface area contributed by atoms with Crippen LogP contribution < -0.4 is 10.6 Å². The number of nitrogens with one attached hydrogen (secondary N) is 2. The van der Waals surface area contributed by atoms with Crippen LogP contribution in [-0.2, 0) is 10.0 Å². The summed E-state index contributed by atoms with van der Waals surface area (Å²) < 4.78 is 24.7. The van der Waals surface area contributed by atoms with Gasteiger partial charge in [-0.05, 0) is 52.7 Å². The van der Waals surface area contributed by atoms with E-state index in [1.807, 2.05) is 13.8 Å². The molecule has 0 amide bonds. The fourth-order valence-corrected chi connectivity index (χ4v) is 3.71. The average molecular weight is 392 g/mol. The van der Waals surface area contributed by atoms with Crippen molar-refractivity contribution >= 4 is 16.0 Å². The summed E-state index contributed by atoms with van der Waals surface area (Å²) in [6.45, 7) is 16.2. The highest BCUT2D eigenvalue weighted by atomic mass is 32.2. The van der Waals surface area contributed by atoms with E-state index in [9.17, 15) is 8.42 Å². The summed E-state index contributed by atoms with van der Waals surface area (Å²) in [5.41, 5.74) is 0. The van der Waals surface area contributed by atoms with E-state index in [-0.39, 0.29) is 0 Å². The number of aliphatic imine (C=N–C) groups is 1. The molecule has 0 rings (SSSR count). The maximum absolute atomic E-state index is 11.6. The number of sulfonamides is 1. The Morgan fingerprint density at radius 1 is 1.04 bits per heavy atom. The zero-order valence-corrected chi connectivity index (χ0v) is 18.5. The van der Waals surface area contributed by atoms with Crippen LogP contribution in [0.1, 0.15) is 53.9 Å². The second kappa shape index (κ2) is 14.2. The lowest BCUT2D eigenvalue weighted by Gasteiger charge is -2.21. The summed E-state index contributed by atoms with van der Waals surface area (Å²) in [6.07, 6.45) is 4.23. The van der Waals surface area contributed by atoms with Gasteiger partial charge in [0.15, 0.2) is 5.96 Å². The van der Waals surface area contributed by atoms with Crippen LogP contribution in [0, 0.1) is 0 Å². The van der Waals surface area contributed by atoms with E-state index in [2.05, 4.69) is 41.3 Å². The summed E-state index contributed by atoms with van der Waals surface area (Å²) in [7, 11) is -3.12. The first kappa shape index (κ1) is 25.1. The Hall–Kier alpha value is -0.860. The van der Waals surface area contributed by atoms with Crippen molar-refractivity contribution in [2.45, 2.75) is 59.9 Å². The minimum Gasteiger partial charge on any atom is -0.357 e. The quantitative estimate of drug-likeness (QED) is 0.268. The summed E-state index contributed by atoms with van der Waals surface area (Å²) in [5, 5.41) is 6.71. The minimum atomic E-state index is -3.12. The highest BCUT2D eigenvalue weighted by molar-refractivity contribution is 7.88. The predicted octanol–water partition coefficient (Wildman–Crippen LogP) is 1.72. The first-order chi connectivity index (χ1) is 12.3. The molecule has 0 aliphatic carbocycles. The molecule has 1 unspecified atom stereocenters. The molecule has 156 valence electrons. The predicted molar refractivity (Wildman–Crippen MR) is 112 cm³/mol. The van der Waals surface area contributed by atoms with Gasteiger partial charge in [0.2, 0.25) is 10.0 Å². The van der Waals surface area contributed by atoms with Crippen molar-refractivity contribution in [2.24, 2.45) is 4.99 Å². The first-order valence-corrected chi connectivity index (χ1v) is 11.8. The number of hydrogen-bond donors (Lipinski definition) is 2. The van der Waals surface area contributed by atoms with Crippen LogP contribution in [0.2, 0.25) is 0 Å². The molecule has 0 aromatic heterocycles. The van der Waals surface area contributed by atoms with Crippen molar-refractivity contribution in [1.82, 2.24) is 19.8 Å². The molecular formula is C18H41N5O2S. The van der Waals surface area contributed by atoms with Gasteiger partial charge in [0.1, 0.15) is 0 Å². The van der Waals surface area contributed by atoms with Crippen LogP contribution in [0.4, 0.5) is 0 Å². The van der Waals surface area contributed by atoms with E-state index >= 15 is 0 Å². The molecule has 0 bridgehead atoms. The monoisotopic (exact) mass is 391 g/mol. The molecule has 7 nitrogen and oxygen atoms in total. The van der Waals surface area contributed by atoms with Gasteiger partial charge in [-0.15, -0.1) is 0 Å². The van der Waals surface area contributed by atoms with Gasteiger partial charge in [-0.3, -0.25) is 4.99 Å². The van der Waals surface area contributed by atoms with Gasteiger partial charge in [-0.2, -0.15) is 0 Å². The fraction of sp³-hybridized carbons (Fsp3) is 0.944. The molecule has 0 saturated heterocycles. The normalized spacial score (nSPS) is 14.1. The molecule has 0 fully saturated rings. The number of hydrogen-bond acceptors (Lipinski definition) is 4. The van der Waals surface area contributed by atoms with E-state index in [4.69, 9.17) is 0 Å². The third kappa shape index (κ3) is 11.7. The average Bonchev–Trinajstić information content (AvgIpc) is 2.57. The summed E-state index contributed by atoms with van der Waals surface area (Å²) in [6, 6.07) is 0.353. The van der Waals surface area contributed by atoms with Crippen LogP contribution in [0.25, 0.3) is 0 Å². The van der Waals surface area contributed by atoms with Gasteiger partial charge in [-0.1, -0.05) is 20.8 Å². The number of nitrogens with zero attached hydrogens (tertiary/aromatic N) is 3. The summed E-state index contributed by atoms with van der Waals surface area (Å²) in [5.74, 6) is 0.810. The molecule has 26 heavy (non-hydrogen) atoms. The highest BCUT2D eigenvalue weighted by Gasteiger charge is 2.13. The fourth-order valence-electron chi connectivity index (χ4n) is 2.78.